The molecule has 0 saturated carbocycles. The molecule has 5 nitrogen and oxygen atoms in total. The summed E-state index contributed by atoms with van der Waals surface area (Å²) >= 11 is 0. The summed E-state index contributed by atoms with van der Waals surface area (Å²) in [6, 6.07) is -0.114. The van der Waals surface area contributed by atoms with Crippen LogP contribution in [0.4, 0.5) is 0 Å². The number of hydrogen-bond donors (Lipinski definition) is 2. The Morgan fingerprint density at radius 3 is 2.20 bits per heavy atom. The topological polar surface area (TPSA) is 83.6 Å². The number of nitrogens with two attached hydrogens (primary N) is 1. The largest absolute Gasteiger partial charge is 0.480 e. The molecule has 1 atom stereocenters. The van der Waals surface area contributed by atoms with Crippen molar-refractivity contribution in [1.29, 1.82) is 0 Å². The number of carboxylic acid groups (broad SMARTS) is 1. The number of carboxylic acids is 1. The zero-order valence-electron chi connectivity index (χ0n) is 9.78. The van der Waals surface area contributed by atoms with E-state index >= 15 is 0 Å². The molecule has 1 unspecified atom stereocenters. The molecule has 0 heterocycles. The summed E-state index contributed by atoms with van der Waals surface area (Å²) < 4.78 is 0. The van der Waals surface area contributed by atoms with E-state index < -0.39 is 11.5 Å². The molecule has 0 saturated heterocycles. The van der Waals surface area contributed by atoms with Gasteiger partial charge in [-0.15, -0.1) is 0 Å². The highest BCUT2D eigenvalue weighted by atomic mass is 16.4. The van der Waals surface area contributed by atoms with Crippen LogP contribution in [0.3, 0.4) is 0 Å². The number of nitrogens with zero attached hydrogens (tertiary/aromatic N) is 1. The smallest absolute Gasteiger partial charge is 0.323 e. The number of hydrogen-bond acceptors (Lipinski definition) is 3. The van der Waals surface area contributed by atoms with E-state index in [9.17, 15) is 9.59 Å². The zero-order chi connectivity index (χ0) is 12.2. The van der Waals surface area contributed by atoms with Crippen LogP contribution >= 0.6 is 0 Å². The maximum Gasteiger partial charge on any atom is 0.323 e. The van der Waals surface area contributed by atoms with Gasteiger partial charge in [0, 0.05) is 6.04 Å². The van der Waals surface area contributed by atoms with Crippen molar-refractivity contribution in [2.75, 3.05) is 6.54 Å². The minimum absolute atomic E-state index is 0.114. The first-order valence-electron chi connectivity index (χ1n) is 5.01. The van der Waals surface area contributed by atoms with Gasteiger partial charge in [0.2, 0.25) is 5.91 Å². The van der Waals surface area contributed by atoms with Gasteiger partial charge in [-0.25, -0.2) is 0 Å². The molecule has 0 radical (unpaired) electrons. The van der Waals surface area contributed by atoms with Crippen LogP contribution in [0.1, 0.15) is 34.1 Å². The molecule has 0 aromatic rings. The monoisotopic (exact) mass is 216 g/mol. The minimum Gasteiger partial charge on any atom is -0.480 e. The molecule has 0 aliphatic carbocycles. The first-order chi connectivity index (χ1) is 6.70. The van der Waals surface area contributed by atoms with E-state index in [0.29, 0.717) is 6.42 Å². The standard InChI is InChI=1S/C10H20N2O3/c1-5-7(2)12(6-8(13)14)9(15)10(3,4)11/h7H,5-6,11H2,1-4H3,(H,13,14). The zero-order valence-corrected chi connectivity index (χ0v) is 9.78. The van der Waals surface area contributed by atoms with Gasteiger partial charge >= 0.3 is 5.97 Å². The Morgan fingerprint density at radius 1 is 1.47 bits per heavy atom. The van der Waals surface area contributed by atoms with E-state index in [-0.39, 0.29) is 18.5 Å². The highest BCUT2D eigenvalue weighted by Gasteiger charge is 2.31. The van der Waals surface area contributed by atoms with Crippen LogP contribution in [0, 0.1) is 0 Å². The second kappa shape index (κ2) is 5.11. The number of amides is 1. The lowest BCUT2D eigenvalue weighted by molar-refractivity contribution is -0.148. The second-order valence-corrected chi connectivity index (χ2v) is 4.31. The molecule has 0 bridgehead atoms. The van der Waals surface area contributed by atoms with Gasteiger partial charge in [-0.1, -0.05) is 6.92 Å². The summed E-state index contributed by atoms with van der Waals surface area (Å²) in [4.78, 5) is 23.8. The second-order valence-electron chi connectivity index (χ2n) is 4.31. The molecule has 0 fully saturated rings. The van der Waals surface area contributed by atoms with Crippen molar-refractivity contribution in [2.45, 2.75) is 45.7 Å². The van der Waals surface area contributed by atoms with Crippen LogP contribution in [0.15, 0.2) is 0 Å². The lowest BCUT2D eigenvalue weighted by Gasteiger charge is -2.32. The Hall–Kier alpha value is -1.10. The number of aliphatic carboxylic acids is 1. The van der Waals surface area contributed by atoms with Gasteiger partial charge < -0.3 is 15.7 Å². The van der Waals surface area contributed by atoms with Crippen LogP contribution in [0.25, 0.3) is 0 Å². The van der Waals surface area contributed by atoms with E-state index in [4.69, 9.17) is 10.8 Å². The molecule has 88 valence electrons. The predicted octanol–water partition coefficient (Wildman–Crippen LogP) is 0.435. The molecule has 0 aliphatic rings. The molecule has 0 aromatic carbocycles. The molecule has 5 heteroatoms. The lowest BCUT2D eigenvalue weighted by Crippen LogP contribution is -2.55. The van der Waals surface area contributed by atoms with Crippen LogP contribution in [0.5, 0.6) is 0 Å². The van der Waals surface area contributed by atoms with Gasteiger partial charge in [0.05, 0.1) is 5.54 Å². The summed E-state index contributed by atoms with van der Waals surface area (Å²) in [5.41, 5.74) is 4.64. The number of carbonyl (C=O) groups excluding carboxylic acids is 1. The summed E-state index contributed by atoms with van der Waals surface area (Å²) in [6.07, 6.45) is 0.703. The van der Waals surface area contributed by atoms with Gasteiger partial charge in [0.25, 0.3) is 0 Å². The normalized spacial score (nSPS) is 13.4. The van der Waals surface area contributed by atoms with Crippen LogP contribution in [-0.2, 0) is 9.59 Å². The maximum absolute atomic E-state index is 11.8. The quantitative estimate of drug-likeness (QED) is 0.698. The first-order valence-corrected chi connectivity index (χ1v) is 5.01. The molecule has 0 spiro atoms. The number of rotatable bonds is 5. The van der Waals surface area contributed by atoms with E-state index in [1.54, 1.807) is 13.8 Å². The molecule has 15 heavy (non-hydrogen) atoms. The molecule has 1 amide bonds. The molecule has 0 aromatic heterocycles. The van der Waals surface area contributed by atoms with Gasteiger partial charge in [-0.2, -0.15) is 0 Å². The van der Waals surface area contributed by atoms with Crippen molar-refractivity contribution in [3.8, 4) is 0 Å². The Balaban J connectivity index is 4.78. The van der Waals surface area contributed by atoms with Gasteiger partial charge in [-0.3, -0.25) is 9.59 Å². The Kier molecular flexibility index (Phi) is 4.74. The van der Waals surface area contributed by atoms with Gasteiger partial charge in [-0.05, 0) is 27.2 Å². The fraction of sp³-hybridized carbons (Fsp3) is 0.800. The van der Waals surface area contributed by atoms with Crippen molar-refractivity contribution in [2.24, 2.45) is 5.73 Å². The third kappa shape index (κ3) is 4.29. The minimum atomic E-state index is -1.03. The third-order valence-corrected chi connectivity index (χ3v) is 2.24. The number of carbonyl (C=O) groups is 2. The summed E-state index contributed by atoms with van der Waals surface area (Å²) in [5, 5.41) is 8.71. The molecular formula is C10H20N2O3. The molecule has 0 aliphatic heterocycles. The highest BCUT2D eigenvalue weighted by Crippen LogP contribution is 2.10. The first kappa shape index (κ1) is 13.9. The lowest BCUT2D eigenvalue weighted by atomic mass is 10.0. The molecule has 0 rings (SSSR count). The van der Waals surface area contributed by atoms with E-state index in [2.05, 4.69) is 0 Å². The predicted molar refractivity (Wildman–Crippen MR) is 57.4 cm³/mol. The summed E-state index contributed by atoms with van der Waals surface area (Å²) in [6.45, 7) is 6.57. The van der Waals surface area contributed by atoms with E-state index in [1.165, 1.54) is 4.90 Å². The van der Waals surface area contributed by atoms with Crippen molar-refractivity contribution in [1.82, 2.24) is 4.90 Å². The van der Waals surface area contributed by atoms with Crippen molar-refractivity contribution >= 4 is 11.9 Å². The van der Waals surface area contributed by atoms with E-state index in [1.807, 2.05) is 13.8 Å². The molecule has 3 N–H and O–H groups in total. The van der Waals surface area contributed by atoms with Crippen molar-refractivity contribution in [3.05, 3.63) is 0 Å². The maximum atomic E-state index is 11.8. The average Bonchev–Trinajstić information content (AvgIpc) is 2.10. The Labute approximate surface area is 90.2 Å². The summed E-state index contributed by atoms with van der Waals surface area (Å²) in [7, 11) is 0. The highest BCUT2D eigenvalue weighted by molar-refractivity contribution is 5.88. The Morgan fingerprint density at radius 2 is 1.93 bits per heavy atom. The average molecular weight is 216 g/mol. The van der Waals surface area contributed by atoms with E-state index in [0.717, 1.165) is 0 Å². The summed E-state index contributed by atoms with van der Waals surface area (Å²) in [5.74, 6) is -1.35. The fourth-order valence-electron chi connectivity index (χ4n) is 1.16. The van der Waals surface area contributed by atoms with Crippen LogP contribution < -0.4 is 5.73 Å². The fourth-order valence-corrected chi connectivity index (χ4v) is 1.16. The Bertz CT molecular complexity index is 246. The van der Waals surface area contributed by atoms with Crippen LogP contribution in [-0.4, -0.2) is 40.0 Å². The SMILES string of the molecule is CCC(C)N(CC(=O)O)C(=O)C(C)(C)N. The van der Waals surface area contributed by atoms with Crippen molar-refractivity contribution < 1.29 is 14.7 Å². The molecular weight excluding hydrogens is 196 g/mol. The van der Waals surface area contributed by atoms with Gasteiger partial charge in [0.1, 0.15) is 6.54 Å². The van der Waals surface area contributed by atoms with Crippen LogP contribution in [0.2, 0.25) is 0 Å². The van der Waals surface area contributed by atoms with Crippen molar-refractivity contribution in [3.63, 3.8) is 0 Å². The third-order valence-electron chi connectivity index (χ3n) is 2.24. The van der Waals surface area contributed by atoms with Gasteiger partial charge in [0.15, 0.2) is 0 Å².